The van der Waals surface area contributed by atoms with Gasteiger partial charge in [0, 0.05) is 30.4 Å². The largest absolute Gasteiger partial charge is 0.496 e. The second-order valence-electron chi connectivity index (χ2n) is 5.21. The lowest BCUT2D eigenvalue weighted by Gasteiger charge is -2.24. The van der Waals surface area contributed by atoms with Gasteiger partial charge in [0.2, 0.25) is 0 Å². The van der Waals surface area contributed by atoms with Gasteiger partial charge >= 0.3 is 0 Å². The predicted molar refractivity (Wildman–Crippen MR) is 79.4 cm³/mol. The van der Waals surface area contributed by atoms with E-state index in [0.29, 0.717) is 5.92 Å². The van der Waals surface area contributed by atoms with Crippen molar-refractivity contribution in [1.29, 1.82) is 0 Å². The van der Waals surface area contributed by atoms with Crippen molar-refractivity contribution in [3.63, 3.8) is 0 Å². The van der Waals surface area contributed by atoms with E-state index in [-0.39, 0.29) is 0 Å². The molecule has 1 unspecified atom stereocenters. The average molecular weight is 265 g/mol. The Morgan fingerprint density at radius 2 is 2.11 bits per heavy atom. The molecule has 1 aromatic heterocycles. The summed E-state index contributed by atoms with van der Waals surface area (Å²) in [6.07, 6.45) is 1.89. The highest BCUT2D eigenvalue weighted by molar-refractivity contribution is 5.40. The summed E-state index contributed by atoms with van der Waals surface area (Å²) in [5, 5.41) is 0. The van der Waals surface area contributed by atoms with E-state index in [0.717, 1.165) is 48.7 Å². The Bertz CT molecular complexity index is 407. The highest BCUT2D eigenvalue weighted by Crippen LogP contribution is 2.24. The second-order valence-corrected chi connectivity index (χ2v) is 5.21. The molecule has 1 heterocycles. The maximum atomic E-state index is 5.70. The fourth-order valence-electron chi connectivity index (χ4n) is 2.26. The van der Waals surface area contributed by atoms with Crippen LogP contribution in [0.25, 0.3) is 0 Å². The molecule has 4 nitrogen and oxygen atoms in total. The van der Waals surface area contributed by atoms with Crippen LogP contribution in [-0.4, -0.2) is 36.6 Å². The first-order valence-electron chi connectivity index (χ1n) is 6.94. The maximum absolute atomic E-state index is 5.70. The molecule has 1 rings (SSSR count). The summed E-state index contributed by atoms with van der Waals surface area (Å²) in [7, 11) is 1.72. The summed E-state index contributed by atoms with van der Waals surface area (Å²) in [6, 6.07) is 0. The molecular formula is C15H27N3O. The molecule has 0 aliphatic carbocycles. The number of aromatic nitrogens is 1. The van der Waals surface area contributed by atoms with Crippen LogP contribution in [0.2, 0.25) is 0 Å². The number of aryl methyl sites for hydroxylation is 1. The molecule has 108 valence electrons. The number of nitrogens with two attached hydrogens (primary N) is 1. The molecule has 0 spiro atoms. The Labute approximate surface area is 117 Å². The Hall–Kier alpha value is -1.13. The van der Waals surface area contributed by atoms with Gasteiger partial charge in [0.1, 0.15) is 5.75 Å². The summed E-state index contributed by atoms with van der Waals surface area (Å²) in [6.45, 7) is 12.0. The van der Waals surface area contributed by atoms with Crippen LogP contribution in [0.1, 0.15) is 30.7 Å². The molecule has 0 aliphatic rings. The fourth-order valence-corrected chi connectivity index (χ4v) is 2.26. The minimum atomic E-state index is 0.507. The zero-order chi connectivity index (χ0) is 14.4. The van der Waals surface area contributed by atoms with Crippen LogP contribution in [0.5, 0.6) is 5.75 Å². The Kier molecular flexibility index (Phi) is 6.25. The standard InChI is InChI=1S/C15H27N3O/c1-6-18(9-11(2)7-16)10-14-13(4)15(19-5)12(3)8-17-14/h8,11H,6-7,9-10,16H2,1-5H3. The highest BCUT2D eigenvalue weighted by atomic mass is 16.5. The monoisotopic (exact) mass is 265 g/mol. The van der Waals surface area contributed by atoms with Gasteiger partial charge in [-0.25, -0.2) is 0 Å². The number of ether oxygens (including phenoxy) is 1. The highest BCUT2D eigenvalue weighted by Gasteiger charge is 2.14. The van der Waals surface area contributed by atoms with Crippen LogP contribution in [-0.2, 0) is 6.54 Å². The summed E-state index contributed by atoms with van der Waals surface area (Å²) in [5.74, 6) is 1.46. The van der Waals surface area contributed by atoms with Crippen molar-refractivity contribution in [3.8, 4) is 5.75 Å². The van der Waals surface area contributed by atoms with Crippen LogP contribution < -0.4 is 10.5 Å². The maximum Gasteiger partial charge on any atom is 0.128 e. The van der Waals surface area contributed by atoms with Crippen LogP contribution in [0.3, 0.4) is 0 Å². The van der Waals surface area contributed by atoms with Crippen molar-refractivity contribution < 1.29 is 4.74 Å². The zero-order valence-corrected chi connectivity index (χ0v) is 12.9. The third kappa shape index (κ3) is 4.18. The number of nitrogens with zero attached hydrogens (tertiary/aromatic N) is 2. The van der Waals surface area contributed by atoms with Gasteiger partial charge in [-0.2, -0.15) is 0 Å². The van der Waals surface area contributed by atoms with Crippen molar-refractivity contribution in [2.75, 3.05) is 26.7 Å². The molecule has 0 saturated heterocycles. The van der Waals surface area contributed by atoms with Gasteiger partial charge < -0.3 is 10.5 Å². The topological polar surface area (TPSA) is 51.4 Å². The van der Waals surface area contributed by atoms with Crippen LogP contribution in [0.15, 0.2) is 6.20 Å². The van der Waals surface area contributed by atoms with Gasteiger partial charge in [-0.05, 0) is 32.9 Å². The average Bonchev–Trinajstić information content (AvgIpc) is 2.41. The quantitative estimate of drug-likeness (QED) is 0.820. The van der Waals surface area contributed by atoms with Crippen molar-refractivity contribution >= 4 is 0 Å². The molecule has 0 radical (unpaired) electrons. The van der Waals surface area contributed by atoms with Gasteiger partial charge in [-0.1, -0.05) is 13.8 Å². The third-order valence-corrected chi connectivity index (χ3v) is 3.54. The van der Waals surface area contributed by atoms with Crippen LogP contribution >= 0.6 is 0 Å². The first-order valence-corrected chi connectivity index (χ1v) is 6.94. The molecular weight excluding hydrogens is 238 g/mol. The molecule has 19 heavy (non-hydrogen) atoms. The van der Waals surface area contributed by atoms with Crippen molar-refractivity contribution in [2.45, 2.75) is 34.2 Å². The SMILES string of the molecule is CCN(Cc1ncc(C)c(OC)c1C)CC(C)CN. The first kappa shape index (κ1) is 15.9. The second kappa shape index (κ2) is 7.46. The molecule has 4 heteroatoms. The van der Waals surface area contributed by atoms with Gasteiger partial charge in [0.15, 0.2) is 0 Å². The molecule has 0 amide bonds. The van der Waals surface area contributed by atoms with E-state index in [1.165, 1.54) is 0 Å². The lowest BCUT2D eigenvalue weighted by atomic mass is 10.1. The van der Waals surface area contributed by atoms with Crippen molar-refractivity contribution in [1.82, 2.24) is 9.88 Å². The number of pyridine rings is 1. The van der Waals surface area contributed by atoms with E-state index in [1.54, 1.807) is 7.11 Å². The molecule has 0 saturated carbocycles. The van der Waals surface area contributed by atoms with Gasteiger partial charge in [-0.3, -0.25) is 9.88 Å². The minimum absolute atomic E-state index is 0.507. The number of methoxy groups -OCH3 is 1. The summed E-state index contributed by atoms with van der Waals surface area (Å²) in [5.41, 5.74) is 9.02. The van der Waals surface area contributed by atoms with Gasteiger partial charge in [0.05, 0.1) is 12.8 Å². The van der Waals surface area contributed by atoms with Gasteiger partial charge in [0.25, 0.3) is 0 Å². The van der Waals surface area contributed by atoms with Crippen LogP contribution in [0, 0.1) is 19.8 Å². The molecule has 1 atom stereocenters. The molecule has 0 aliphatic heterocycles. The minimum Gasteiger partial charge on any atom is -0.496 e. The Morgan fingerprint density at radius 1 is 1.42 bits per heavy atom. The lowest BCUT2D eigenvalue weighted by molar-refractivity contribution is 0.240. The molecule has 0 fully saturated rings. The molecule has 0 bridgehead atoms. The third-order valence-electron chi connectivity index (χ3n) is 3.54. The summed E-state index contributed by atoms with van der Waals surface area (Å²) >= 11 is 0. The van der Waals surface area contributed by atoms with E-state index < -0.39 is 0 Å². The van der Waals surface area contributed by atoms with Crippen LogP contribution in [0.4, 0.5) is 0 Å². The lowest BCUT2D eigenvalue weighted by Crippen LogP contribution is -2.31. The predicted octanol–water partition coefficient (Wildman–Crippen LogP) is 2.12. The number of hydrogen-bond acceptors (Lipinski definition) is 4. The summed E-state index contributed by atoms with van der Waals surface area (Å²) < 4.78 is 5.46. The molecule has 1 aromatic rings. The fraction of sp³-hybridized carbons (Fsp3) is 0.667. The number of rotatable bonds is 7. The summed E-state index contributed by atoms with van der Waals surface area (Å²) in [4.78, 5) is 6.93. The van der Waals surface area contributed by atoms with Gasteiger partial charge in [-0.15, -0.1) is 0 Å². The Balaban J connectivity index is 2.85. The molecule has 0 aromatic carbocycles. The normalized spacial score (nSPS) is 12.8. The smallest absolute Gasteiger partial charge is 0.128 e. The van der Waals surface area contributed by atoms with E-state index in [1.807, 2.05) is 13.1 Å². The van der Waals surface area contributed by atoms with E-state index >= 15 is 0 Å². The molecule has 2 N–H and O–H groups in total. The van der Waals surface area contributed by atoms with E-state index in [2.05, 4.69) is 30.7 Å². The van der Waals surface area contributed by atoms with Crippen molar-refractivity contribution in [2.24, 2.45) is 11.7 Å². The van der Waals surface area contributed by atoms with E-state index in [4.69, 9.17) is 10.5 Å². The number of hydrogen-bond donors (Lipinski definition) is 1. The zero-order valence-electron chi connectivity index (χ0n) is 12.9. The van der Waals surface area contributed by atoms with E-state index in [9.17, 15) is 0 Å². The first-order chi connectivity index (χ1) is 9.03. The Morgan fingerprint density at radius 3 is 2.63 bits per heavy atom. The van der Waals surface area contributed by atoms with Crippen molar-refractivity contribution in [3.05, 3.63) is 23.0 Å².